The summed E-state index contributed by atoms with van der Waals surface area (Å²) < 4.78 is 25.8. The first-order valence-corrected chi connectivity index (χ1v) is 6.82. The van der Waals surface area contributed by atoms with Gasteiger partial charge >= 0.3 is 0 Å². The first kappa shape index (κ1) is 14.6. The molecule has 0 aliphatic heterocycles. The molecule has 1 aromatic carbocycles. The summed E-state index contributed by atoms with van der Waals surface area (Å²) >= 11 is 1.40. The number of rotatable bonds is 4. The number of carbonyl (C=O) groups is 1. The summed E-state index contributed by atoms with van der Waals surface area (Å²) in [4.78, 5) is 12.5. The quantitative estimate of drug-likeness (QED) is 0.911. The van der Waals surface area contributed by atoms with Gasteiger partial charge in [0.05, 0.1) is 0 Å². The van der Waals surface area contributed by atoms with Gasteiger partial charge in [0.2, 0.25) is 0 Å². The van der Waals surface area contributed by atoms with E-state index in [-0.39, 0.29) is 12.1 Å². The van der Waals surface area contributed by atoms with Crippen molar-refractivity contribution in [3.63, 3.8) is 0 Å². The highest BCUT2D eigenvalue weighted by atomic mass is 32.1. The summed E-state index contributed by atoms with van der Waals surface area (Å²) in [6.45, 7) is 1.88. The number of carbonyl (C=O) groups excluding carboxylic acids is 1. The van der Waals surface area contributed by atoms with Gasteiger partial charge in [-0.05, 0) is 42.1 Å². The summed E-state index contributed by atoms with van der Waals surface area (Å²) in [5, 5.41) is 14.3. The van der Waals surface area contributed by atoms with Crippen molar-refractivity contribution in [2.75, 3.05) is 6.54 Å². The van der Waals surface area contributed by atoms with Crippen LogP contribution in [0.4, 0.5) is 8.78 Å². The largest absolute Gasteiger partial charge is 0.386 e. The number of benzene rings is 1. The smallest absolute Gasteiger partial charge is 0.251 e. The van der Waals surface area contributed by atoms with Gasteiger partial charge in [0.15, 0.2) is 11.6 Å². The molecule has 0 spiro atoms. The molecular formula is C14H13F2NO2S. The van der Waals surface area contributed by atoms with Crippen LogP contribution in [0.5, 0.6) is 0 Å². The molecule has 1 heterocycles. The lowest BCUT2D eigenvalue weighted by Crippen LogP contribution is -2.28. The predicted octanol–water partition coefficient (Wildman–Crippen LogP) is 2.80. The molecule has 6 heteroatoms. The predicted molar refractivity (Wildman–Crippen MR) is 72.7 cm³/mol. The van der Waals surface area contributed by atoms with E-state index in [0.29, 0.717) is 0 Å². The maximum Gasteiger partial charge on any atom is 0.251 e. The van der Waals surface area contributed by atoms with E-state index < -0.39 is 23.6 Å². The van der Waals surface area contributed by atoms with Crippen molar-refractivity contribution >= 4 is 17.2 Å². The number of halogens is 2. The van der Waals surface area contributed by atoms with E-state index in [1.807, 2.05) is 18.4 Å². The molecule has 0 aliphatic carbocycles. The molecule has 0 aliphatic rings. The molecule has 2 N–H and O–H groups in total. The zero-order valence-electron chi connectivity index (χ0n) is 10.7. The van der Waals surface area contributed by atoms with E-state index in [2.05, 4.69) is 5.32 Å². The highest BCUT2D eigenvalue weighted by molar-refractivity contribution is 7.10. The van der Waals surface area contributed by atoms with Crippen LogP contribution in [-0.2, 0) is 0 Å². The fraction of sp³-hybridized carbons (Fsp3) is 0.214. The molecule has 2 aromatic rings. The molecule has 106 valence electrons. The highest BCUT2D eigenvalue weighted by Crippen LogP contribution is 2.23. The number of amides is 1. The second-order valence-corrected chi connectivity index (χ2v) is 5.27. The van der Waals surface area contributed by atoms with Crippen LogP contribution >= 0.6 is 11.3 Å². The van der Waals surface area contributed by atoms with Gasteiger partial charge in [0.25, 0.3) is 5.91 Å². The molecule has 0 saturated carbocycles. The molecule has 1 aromatic heterocycles. The number of thiophene rings is 1. The first-order chi connectivity index (χ1) is 9.49. The number of hydrogen-bond donors (Lipinski definition) is 2. The lowest BCUT2D eigenvalue weighted by atomic mass is 10.2. The minimum atomic E-state index is -1.08. The van der Waals surface area contributed by atoms with E-state index in [1.54, 1.807) is 0 Å². The lowest BCUT2D eigenvalue weighted by Gasteiger charge is -2.11. The third kappa shape index (κ3) is 3.20. The standard InChI is InChI=1S/C14H13F2NO2S/c1-8-4-5-20-13(8)12(18)7-17-14(19)9-2-3-10(15)11(16)6-9/h2-6,12,18H,7H2,1H3,(H,17,19)/t12-/m0/s1. The summed E-state index contributed by atoms with van der Waals surface area (Å²) in [5.74, 6) is -2.64. The van der Waals surface area contributed by atoms with Gasteiger partial charge in [0.1, 0.15) is 6.10 Å². The number of nitrogens with one attached hydrogen (secondary N) is 1. The third-order valence-corrected chi connectivity index (χ3v) is 3.96. The Morgan fingerprint density at radius 2 is 2.10 bits per heavy atom. The van der Waals surface area contributed by atoms with Crippen LogP contribution in [0.2, 0.25) is 0 Å². The maximum atomic E-state index is 13.0. The minimum absolute atomic E-state index is 0.0130. The Hall–Kier alpha value is -1.79. The van der Waals surface area contributed by atoms with E-state index in [0.717, 1.165) is 22.6 Å². The topological polar surface area (TPSA) is 49.3 Å². The van der Waals surface area contributed by atoms with Gasteiger partial charge in [0, 0.05) is 17.0 Å². The third-order valence-electron chi connectivity index (χ3n) is 2.84. The maximum absolute atomic E-state index is 13.0. The molecule has 0 bridgehead atoms. The van der Waals surface area contributed by atoms with E-state index >= 15 is 0 Å². The highest BCUT2D eigenvalue weighted by Gasteiger charge is 2.14. The minimum Gasteiger partial charge on any atom is -0.386 e. The van der Waals surface area contributed by atoms with Crippen LogP contribution in [0.15, 0.2) is 29.6 Å². The van der Waals surface area contributed by atoms with Gasteiger partial charge in [-0.3, -0.25) is 4.79 Å². The molecule has 0 radical (unpaired) electrons. The van der Waals surface area contributed by atoms with Crippen molar-refractivity contribution in [3.05, 3.63) is 57.3 Å². The zero-order valence-corrected chi connectivity index (χ0v) is 11.5. The number of aliphatic hydroxyl groups excluding tert-OH is 1. The average Bonchev–Trinajstić information content (AvgIpc) is 2.85. The van der Waals surface area contributed by atoms with Crippen molar-refractivity contribution in [1.29, 1.82) is 0 Å². The second-order valence-electron chi connectivity index (χ2n) is 4.32. The normalized spacial score (nSPS) is 12.2. The van der Waals surface area contributed by atoms with Crippen LogP contribution in [0.3, 0.4) is 0 Å². The second kappa shape index (κ2) is 6.11. The Morgan fingerprint density at radius 3 is 2.70 bits per heavy atom. The van der Waals surface area contributed by atoms with Gasteiger partial charge in [-0.2, -0.15) is 0 Å². The molecule has 0 saturated heterocycles. The summed E-state index contributed by atoms with van der Waals surface area (Å²) in [5.41, 5.74) is 0.962. The van der Waals surface area contributed by atoms with Crippen molar-refractivity contribution in [1.82, 2.24) is 5.32 Å². The summed E-state index contributed by atoms with van der Waals surface area (Å²) in [6, 6.07) is 4.79. The molecule has 1 atom stereocenters. The van der Waals surface area contributed by atoms with Crippen molar-refractivity contribution in [2.45, 2.75) is 13.0 Å². The summed E-state index contributed by atoms with van der Waals surface area (Å²) in [7, 11) is 0. The fourth-order valence-corrected chi connectivity index (χ4v) is 2.66. The van der Waals surface area contributed by atoms with Crippen LogP contribution in [0.1, 0.15) is 26.9 Å². The van der Waals surface area contributed by atoms with Gasteiger partial charge in [-0.25, -0.2) is 8.78 Å². The van der Waals surface area contributed by atoms with Crippen LogP contribution < -0.4 is 5.32 Å². The Bertz CT molecular complexity index is 627. The van der Waals surface area contributed by atoms with Crippen LogP contribution in [-0.4, -0.2) is 17.6 Å². The van der Waals surface area contributed by atoms with Crippen LogP contribution in [0, 0.1) is 18.6 Å². The Labute approximate surface area is 118 Å². The van der Waals surface area contributed by atoms with Gasteiger partial charge in [-0.15, -0.1) is 11.3 Å². The van der Waals surface area contributed by atoms with Crippen molar-refractivity contribution < 1.29 is 18.7 Å². The van der Waals surface area contributed by atoms with E-state index in [9.17, 15) is 18.7 Å². The van der Waals surface area contributed by atoms with Crippen molar-refractivity contribution in [3.8, 4) is 0 Å². The van der Waals surface area contributed by atoms with E-state index in [1.165, 1.54) is 17.4 Å². The van der Waals surface area contributed by atoms with E-state index in [4.69, 9.17) is 0 Å². The Kier molecular flexibility index (Phi) is 4.46. The first-order valence-electron chi connectivity index (χ1n) is 5.94. The van der Waals surface area contributed by atoms with Gasteiger partial charge in [-0.1, -0.05) is 0 Å². The average molecular weight is 297 g/mol. The monoisotopic (exact) mass is 297 g/mol. The number of aliphatic hydroxyl groups is 1. The molecule has 20 heavy (non-hydrogen) atoms. The Morgan fingerprint density at radius 1 is 1.35 bits per heavy atom. The molecule has 2 rings (SSSR count). The van der Waals surface area contributed by atoms with Crippen LogP contribution in [0.25, 0.3) is 0 Å². The fourth-order valence-electron chi connectivity index (χ4n) is 1.75. The number of hydrogen-bond acceptors (Lipinski definition) is 3. The molecule has 1 amide bonds. The zero-order chi connectivity index (χ0) is 14.7. The lowest BCUT2D eigenvalue weighted by molar-refractivity contribution is 0.0917. The SMILES string of the molecule is Cc1ccsc1[C@@H](O)CNC(=O)c1ccc(F)c(F)c1. The molecule has 3 nitrogen and oxygen atoms in total. The molecule has 0 fully saturated rings. The van der Waals surface area contributed by atoms with Gasteiger partial charge < -0.3 is 10.4 Å². The Balaban J connectivity index is 1.98. The number of aryl methyl sites for hydroxylation is 1. The summed E-state index contributed by atoms with van der Waals surface area (Å²) in [6.07, 6.45) is -0.816. The van der Waals surface area contributed by atoms with Crippen molar-refractivity contribution in [2.24, 2.45) is 0 Å². The molecular weight excluding hydrogens is 284 g/mol. The molecule has 0 unspecified atom stereocenters.